The monoisotopic (exact) mass is 556 g/mol. The van der Waals surface area contributed by atoms with Gasteiger partial charge in [-0.25, -0.2) is 19.7 Å². The SMILES string of the molecule is CC.CCOc1cnc(NC(=O)N(C)C2CCCN(c3cc(NC(=O)C4COCCN4C)ccn3)C2CC)cn1. The van der Waals surface area contributed by atoms with E-state index in [2.05, 4.69) is 37.4 Å². The molecule has 12 heteroatoms. The van der Waals surface area contributed by atoms with Crippen molar-refractivity contribution in [3.05, 3.63) is 30.7 Å². The lowest BCUT2D eigenvalue weighted by atomic mass is 9.93. The number of pyridine rings is 1. The smallest absolute Gasteiger partial charge is 0.323 e. The number of rotatable bonds is 8. The van der Waals surface area contributed by atoms with Crippen molar-refractivity contribution in [1.82, 2.24) is 24.8 Å². The van der Waals surface area contributed by atoms with Gasteiger partial charge in [-0.1, -0.05) is 20.8 Å². The molecule has 12 nitrogen and oxygen atoms in total. The highest BCUT2D eigenvalue weighted by Gasteiger charge is 2.36. The van der Waals surface area contributed by atoms with Crippen LogP contribution in [0.4, 0.5) is 22.1 Å². The number of urea groups is 1. The number of hydrogen-bond donors (Lipinski definition) is 2. The number of amides is 3. The average molecular weight is 557 g/mol. The Bertz CT molecular complexity index is 1090. The third-order valence-corrected chi connectivity index (χ3v) is 7.14. The Morgan fingerprint density at radius 1 is 1.15 bits per heavy atom. The maximum absolute atomic E-state index is 13.1. The Morgan fingerprint density at radius 3 is 2.62 bits per heavy atom. The van der Waals surface area contributed by atoms with Crippen molar-refractivity contribution < 1.29 is 19.1 Å². The van der Waals surface area contributed by atoms with Gasteiger partial charge in [0.15, 0.2) is 5.82 Å². The molecule has 2 aliphatic heterocycles. The van der Waals surface area contributed by atoms with Crippen molar-refractivity contribution in [3.63, 3.8) is 0 Å². The zero-order chi connectivity index (χ0) is 29.1. The van der Waals surface area contributed by atoms with Crippen molar-refractivity contribution in [2.24, 2.45) is 0 Å². The van der Waals surface area contributed by atoms with E-state index in [1.807, 2.05) is 38.8 Å². The zero-order valence-electron chi connectivity index (χ0n) is 24.6. The fourth-order valence-corrected chi connectivity index (χ4v) is 5.06. The second-order valence-electron chi connectivity index (χ2n) is 9.56. The van der Waals surface area contributed by atoms with Crippen LogP contribution in [0.1, 0.15) is 47.0 Å². The quantitative estimate of drug-likeness (QED) is 0.503. The first kappa shape index (κ1) is 31.0. The van der Waals surface area contributed by atoms with Crippen molar-refractivity contribution in [3.8, 4) is 5.88 Å². The summed E-state index contributed by atoms with van der Waals surface area (Å²) in [6.45, 7) is 11.0. The van der Waals surface area contributed by atoms with Crippen molar-refractivity contribution in [1.29, 1.82) is 0 Å². The number of hydrogen-bond acceptors (Lipinski definition) is 9. The first-order valence-corrected chi connectivity index (χ1v) is 14.2. The van der Waals surface area contributed by atoms with Gasteiger partial charge in [0.25, 0.3) is 0 Å². The van der Waals surface area contributed by atoms with E-state index in [4.69, 9.17) is 9.47 Å². The van der Waals surface area contributed by atoms with Crippen molar-refractivity contribution in [2.45, 2.75) is 65.1 Å². The number of carbonyl (C=O) groups is 2. The summed E-state index contributed by atoms with van der Waals surface area (Å²) in [5, 5.41) is 5.86. The highest BCUT2D eigenvalue weighted by atomic mass is 16.5. The molecular formula is C28H44N8O4. The van der Waals surface area contributed by atoms with Gasteiger partial charge in [0, 0.05) is 38.1 Å². The van der Waals surface area contributed by atoms with Gasteiger partial charge in [-0.15, -0.1) is 0 Å². The number of carbonyl (C=O) groups excluding carboxylic acids is 2. The molecular weight excluding hydrogens is 512 g/mol. The van der Waals surface area contributed by atoms with Crippen LogP contribution in [0, 0.1) is 0 Å². The number of likely N-dealkylation sites (N-methyl/N-ethyl adjacent to an activating group) is 2. The fourth-order valence-electron chi connectivity index (χ4n) is 5.06. The minimum absolute atomic E-state index is 0.0301. The van der Waals surface area contributed by atoms with E-state index in [9.17, 15) is 9.59 Å². The fraction of sp³-hybridized carbons (Fsp3) is 0.607. The molecule has 3 unspecified atom stereocenters. The molecule has 2 N–H and O–H groups in total. The van der Waals surface area contributed by atoms with E-state index in [1.165, 1.54) is 12.4 Å². The Hall–Kier alpha value is -3.51. The molecule has 220 valence electrons. The molecule has 3 amide bonds. The number of ether oxygens (including phenoxy) is 2. The third kappa shape index (κ3) is 7.79. The Labute approximate surface area is 237 Å². The van der Waals surface area contributed by atoms with Crippen LogP contribution in [0.3, 0.4) is 0 Å². The molecule has 2 aromatic heterocycles. The summed E-state index contributed by atoms with van der Waals surface area (Å²) in [6.07, 6.45) is 7.30. The number of morpholine rings is 1. The van der Waals surface area contributed by atoms with Gasteiger partial charge in [-0.05, 0) is 39.3 Å². The molecule has 2 aromatic rings. The predicted octanol–water partition coefficient (Wildman–Crippen LogP) is 3.48. The van der Waals surface area contributed by atoms with Crippen LogP contribution in [-0.4, -0.2) is 102 Å². The Kier molecular flexibility index (Phi) is 11.9. The first-order chi connectivity index (χ1) is 19.4. The molecule has 0 spiro atoms. The van der Waals surface area contributed by atoms with Gasteiger partial charge >= 0.3 is 6.03 Å². The second kappa shape index (κ2) is 15.3. The van der Waals surface area contributed by atoms with Crippen LogP contribution in [0.5, 0.6) is 5.88 Å². The highest BCUT2D eigenvalue weighted by molar-refractivity contribution is 5.95. The molecule has 0 bridgehead atoms. The van der Waals surface area contributed by atoms with E-state index in [0.717, 1.165) is 38.2 Å². The van der Waals surface area contributed by atoms with E-state index in [0.29, 0.717) is 37.2 Å². The Balaban J connectivity index is 0.00000216. The van der Waals surface area contributed by atoms with E-state index >= 15 is 0 Å². The van der Waals surface area contributed by atoms with Crippen LogP contribution in [-0.2, 0) is 9.53 Å². The molecule has 0 aromatic carbocycles. The highest BCUT2D eigenvalue weighted by Crippen LogP contribution is 2.30. The molecule has 2 fully saturated rings. The van der Waals surface area contributed by atoms with Gasteiger partial charge in [0.2, 0.25) is 11.8 Å². The predicted molar refractivity (Wildman–Crippen MR) is 156 cm³/mol. The summed E-state index contributed by atoms with van der Waals surface area (Å²) >= 11 is 0. The number of nitrogens with one attached hydrogen (secondary N) is 2. The first-order valence-electron chi connectivity index (χ1n) is 14.2. The third-order valence-electron chi connectivity index (χ3n) is 7.14. The normalized spacial score (nSPS) is 21.1. The maximum Gasteiger partial charge on any atom is 0.323 e. The lowest BCUT2D eigenvalue weighted by Crippen LogP contribution is -2.56. The molecule has 0 aliphatic carbocycles. The van der Waals surface area contributed by atoms with Crippen LogP contribution in [0.15, 0.2) is 30.7 Å². The largest absolute Gasteiger partial charge is 0.477 e. The number of nitrogens with zero attached hydrogens (tertiary/aromatic N) is 6. The van der Waals surface area contributed by atoms with Crippen molar-refractivity contribution in [2.75, 3.05) is 62.5 Å². The molecule has 4 rings (SSSR count). The summed E-state index contributed by atoms with van der Waals surface area (Å²) < 4.78 is 10.8. The van der Waals surface area contributed by atoms with Gasteiger partial charge < -0.3 is 24.6 Å². The minimum atomic E-state index is -0.324. The van der Waals surface area contributed by atoms with Crippen LogP contribution < -0.4 is 20.3 Å². The summed E-state index contributed by atoms with van der Waals surface area (Å²) in [7, 11) is 3.74. The van der Waals surface area contributed by atoms with Crippen LogP contribution >= 0.6 is 0 Å². The lowest BCUT2D eigenvalue weighted by molar-refractivity contribution is -0.126. The van der Waals surface area contributed by atoms with E-state index < -0.39 is 0 Å². The van der Waals surface area contributed by atoms with E-state index in [-0.39, 0.29) is 30.1 Å². The summed E-state index contributed by atoms with van der Waals surface area (Å²) in [4.78, 5) is 45.0. The van der Waals surface area contributed by atoms with Gasteiger partial charge in [-0.2, -0.15) is 0 Å². The Morgan fingerprint density at radius 2 is 1.95 bits per heavy atom. The van der Waals surface area contributed by atoms with E-state index in [1.54, 1.807) is 24.2 Å². The number of anilines is 3. The maximum atomic E-state index is 13.1. The standard InChI is InChI=1S/C26H38N8O4.C2H6/c1-5-19-20(33(4)26(36)31-22-15-29-24(16-28-22)38-6-2)8-7-11-34(19)23-14-18(9-10-27-23)30-25(35)21-17-37-13-12-32(21)3;1-2/h9-10,14-16,19-21H,5-8,11-13,17H2,1-4H3,(H,27,30,35)(H,28,31,36);1-2H3. The number of aromatic nitrogens is 3. The van der Waals surface area contributed by atoms with Crippen LogP contribution in [0.25, 0.3) is 0 Å². The topological polar surface area (TPSA) is 125 Å². The molecule has 3 atom stereocenters. The summed E-state index contributed by atoms with van der Waals surface area (Å²) in [5.74, 6) is 1.46. The molecule has 0 saturated carbocycles. The molecule has 0 radical (unpaired) electrons. The summed E-state index contributed by atoms with van der Waals surface area (Å²) in [6, 6.07) is 3.16. The zero-order valence-corrected chi connectivity index (χ0v) is 24.6. The lowest BCUT2D eigenvalue weighted by Gasteiger charge is -2.45. The van der Waals surface area contributed by atoms with Crippen molar-refractivity contribution >= 4 is 29.3 Å². The van der Waals surface area contributed by atoms with Gasteiger partial charge in [0.1, 0.15) is 11.9 Å². The molecule has 40 heavy (non-hydrogen) atoms. The molecule has 2 aliphatic rings. The average Bonchev–Trinajstić information content (AvgIpc) is 2.98. The molecule has 4 heterocycles. The van der Waals surface area contributed by atoms with Gasteiger partial charge in [-0.3, -0.25) is 15.0 Å². The summed E-state index contributed by atoms with van der Waals surface area (Å²) in [5.41, 5.74) is 0.691. The number of piperidine rings is 1. The van der Waals surface area contributed by atoms with Gasteiger partial charge in [0.05, 0.1) is 44.3 Å². The minimum Gasteiger partial charge on any atom is -0.477 e. The second-order valence-corrected chi connectivity index (χ2v) is 9.56. The van der Waals surface area contributed by atoms with Crippen LogP contribution in [0.2, 0.25) is 0 Å². The molecule has 2 saturated heterocycles.